The van der Waals surface area contributed by atoms with Gasteiger partial charge in [0.15, 0.2) is 0 Å². The quantitative estimate of drug-likeness (QED) is 0.856. The molecule has 0 bridgehead atoms. The number of thiophene rings is 1. The van der Waals surface area contributed by atoms with Gasteiger partial charge in [-0.2, -0.15) is 0 Å². The van der Waals surface area contributed by atoms with E-state index in [1.165, 1.54) is 11.3 Å². The van der Waals surface area contributed by atoms with Gasteiger partial charge in [0.05, 0.1) is 17.5 Å². The van der Waals surface area contributed by atoms with Gasteiger partial charge in [-0.1, -0.05) is 24.0 Å². The molecule has 1 amide bonds. The molecule has 1 atom stereocenters. The molecule has 3 nitrogen and oxygen atoms in total. The summed E-state index contributed by atoms with van der Waals surface area (Å²) in [6.07, 6.45) is 0. The normalized spacial score (nSPS) is 11.4. The Morgan fingerprint density at radius 1 is 1.33 bits per heavy atom. The summed E-state index contributed by atoms with van der Waals surface area (Å²) in [7, 11) is 0. The largest absolute Gasteiger partial charge is 0.345 e. The molecule has 2 aromatic rings. The van der Waals surface area contributed by atoms with Crippen LogP contribution in [0.2, 0.25) is 0 Å². The minimum absolute atomic E-state index is 0.0259. The zero-order chi connectivity index (χ0) is 15.2. The molecule has 0 aliphatic rings. The van der Waals surface area contributed by atoms with Crippen LogP contribution in [0.15, 0.2) is 35.7 Å². The average Bonchev–Trinajstić information content (AvgIpc) is 2.91. The third-order valence-corrected chi connectivity index (χ3v) is 4.18. The standard InChI is InChI=1S/C17H18N2OS/c1-12-9-11-21-16(12)17(20)19-13(2)15-7-5-14(6-8-15)4-3-10-18/h5-9,11,13H,10,18H2,1-2H3,(H,19,20). The number of nitrogens with one attached hydrogen (secondary N) is 1. The second kappa shape index (κ2) is 7.07. The minimum Gasteiger partial charge on any atom is -0.345 e. The van der Waals surface area contributed by atoms with Crippen LogP contribution in [0.25, 0.3) is 0 Å². The maximum Gasteiger partial charge on any atom is 0.262 e. The van der Waals surface area contributed by atoms with Crippen LogP contribution < -0.4 is 11.1 Å². The number of rotatable bonds is 3. The third kappa shape index (κ3) is 3.94. The van der Waals surface area contributed by atoms with Gasteiger partial charge in [0.2, 0.25) is 0 Å². The molecule has 21 heavy (non-hydrogen) atoms. The van der Waals surface area contributed by atoms with Crippen LogP contribution >= 0.6 is 11.3 Å². The summed E-state index contributed by atoms with van der Waals surface area (Å²) < 4.78 is 0. The van der Waals surface area contributed by atoms with E-state index < -0.39 is 0 Å². The Hall–Kier alpha value is -2.09. The molecule has 1 aromatic heterocycles. The van der Waals surface area contributed by atoms with Crippen molar-refractivity contribution in [1.82, 2.24) is 5.32 Å². The van der Waals surface area contributed by atoms with Crippen molar-refractivity contribution in [3.63, 3.8) is 0 Å². The molecule has 0 spiro atoms. The van der Waals surface area contributed by atoms with E-state index in [1.807, 2.05) is 49.6 Å². The van der Waals surface area contributed by atoms with Gasteiger partial charge in [0.1, 0.15) is 0 Å². The van der Waals surface area contributed by atoms with Gasteiger partial charge in [-0.05, 0) is 48.6 Å². The Kier molecular flexibility index (Phi) is 5.15. The summed E-state index contributed by atoms with van der Waals surface area (Å²) >= 11 is 1.46. The molecule has 4 heteroatoms. The first-order valence-corrected chi connectivity index (χ1v) is 7.63. The Labute approximate surface area is 129 Å². The number of nitrogens with two attached hydrogens (primary N) is 1. The topological polar surface area (TPSA) is 55.1 Å². The molecular formula is C17H18N2OS. The van der Waals surface area contributed by atoms with E-state index in [2.05, 4.69) is 17.2 Å². The van der Waals surface area contributed by atoms with Crippen LogP contribution in [-0.2, 0) is 0 Å². The number of carbonyl (C=O) groups excluding carboxylic acids is 1. The molecule has 0 fully saturated rings. The number of aryl methyl sites for hydroxylation is 1. The first-order valence-electron chi connectivity index (χ1n) is 6.75. The van der Waals surface area contributed by atoms with Gasteiger partial charge >= 0.3 is 0 Å². The highest BCUT2D eigenvalue weighted by atomic mass is 32.1. The van der Waals surface area contributed by atoms with E-state index >= 15 is 0 Å². The predicted molar refractivity (Wildman–Crippen MR) is 87.3 cm³/mol. The first-order chi connectivity index (χ1) is 10.1. The van der Waals surface area contributed by atoms with Gasteiger partial charge in [-0.3, -0.25) is 4.79 Å². The summed E-state index contributed by atoms with van der Waals surface area (Å²) in [4.78, 5) is 13.0. The lowest BCUT2D eigenvalue weighted by Gasteiger charge is -2.14. The van der Waals surface area contributed by atoms with Gasteiger partial charge < -0.3 is 11.1 Å². The van der Waals surface area contributed by atoms with Crippen LogP contribution in [-0.4, -0.2) is 12.5 Å². The van der Waals surface area contributed by atoms with Crippen molar-refractivity contribution in [2.75, 3.05) is 6.54 Å². The van der Waals surface area contributed by atoms with Crippen molar-refractivity contribution in [3.05, 3.63) is 57.3 Å². The van der Waals surface area contributed by atoms with Crippen molar-refractivity contribution in [1.29, 1.82) is 0 Å². The van der Waals surface area contributed by atoms with Crippen LogP contribution in [0.4, 0.5) is 0 Å². The molecule has 3 N–H and O–H groups in total. The van der Waals surface area contributed by atoms with Gasteiger partial charge in [-0.15, -0.1) is 11.3 Å². The Morgan fingerprint density at radius 2 is 2.05 bits per heavy atom. The van der Waals surface area contributed by atoms with Gasteiger partial charge in [0, 0.05) is 5.56 Å². The molecule has 1 unspecified atom stereocenters. The van der Waals surface area contributed by atoms with Crippen molar-refractivity contribution in [2.24, 2.45) is 5.73 Å². The fourth-order valence-electron chi connectivity index (χ4n) is 1.96. The van der Waals surface area contributed by atoms with E-state index in [-0.39, 0.29) is 11.9 Å². The molecular weight excluding hydrogens is 280 g/mol. The van der Waals surface area contributed by atoms with Crippen molar-refractivity contribution in [2.45, 2.75) is 19.9 Å². The molecule has 0 saturated carbocycles. The predicted octanol–water partition coefficient (Wildman–Crippen LogP) is 2.86. The second-order valence-electron chi connectivity index (χ2n) is 4.76. The second-order valence-corrected chi connectivity index (χ2v) is 5.67. The van der Waals surface area contributed by atoms with Crippen LogP contribution in [0.5, 0.6) is 0 Å². The maximum atomic E-state index is 12.2. The van der Waals surface area contributed by atoms with E-state index in [9.17, 15) is 4.79 Å². The molecule has 1 heterocycles. The fraction of sp³-hybridized carbons (Fsp3) is 0.235. The highest BCUT2D eigenvalue weighted by Crippen LogP contribution is 2.18. The third-order valence-electron chi connectivity index (χ3n) is 3.16. The monoisotopic (exact) mass is 298 g/mol. The van der Waals surface area contributed by atoms with E-state index in [0.717, 1.165) is 21.6 Å². The number of carbonyl (C=O) groups is 1. The molecule has 1 aromatic carbocycles. The minimum atomic E-state index is -0.0458. The van der Waals surface area contributed by atoms with E-state index in [1.54, 1.807) is 0 Å². The maximum absolute atomic E-state index is 12.2. The van der Waals surface area contributed by atoms with E-state index in [4.69, 9.17) is 5.73 Å². The molecule has 2 rings (SSSR count). The molecule has 0 saturated heterocycles. The Bertz CT molecular complexity index is 677. The van der Waals surface area contributed by atoms with Crippen molar-refractivity contribution in [3.8, 4) is 11.8 Å². The van der Waals surface area contributed by atoms with Crippen molar-refractivity contribution >= 4 is 17.2 Å². The summed E-state index contributed by atoms with van der Waals surface area (Å²) in [5.41, 5.74) is 8.34. The summed E-state index contributed by atoms with van der Waals surface area (Å²) in [6, 6.07) is 9.75. The number of amides is 1. The molecule has 0 radical (unpaired) electrons. The van der Waals surface area contributed by atoms with E-state index in [0.29, 0.717) is 6.54 Å². The highest BCUT2D eigenvalue weighted by Gasteiger charge is 2.14. The highest BCUT2D eigenvalue weighted by molar-refractivity contribution is 7.12. The molecule has 108 valence electrons. The molecule has 0 aliphatic heterocycles. The number of hydrogen-bond donors (Lipinski definition) is 2. The zero-order valence-corrected chi connectivity index (χ0v) is 13.0. The zero-order valence-electron chi connectivity index (χ0n) is 12.1. The SMILES string of the molecule is Cc1ccsc1C(=O)NC(C)c1ccc(C#CCN)cc1. The van der Waals surface area contributed by atoms with Gasteiger partial charge in [0.25, 0.3) is 5.91 Å². The lowest BCUT2D eigenvalue weighted by atomic mass is 10.1. The van der Waals surface area contributed by atoms with Crippen LogP contribution in [0, 0.1) is 18.8 Å². The smallest absolute Gasteiger partial charge is 0.262 e. The molecule has 0 aliphatic carbocycles. The Morgan fingerprint density at radius 3 is 2.62 bits per heavy atom. The summed E-state index contributed by atoms with van der Waals surface area (Å²) in [6.45, 7) is 4.27. The fourth-order valence-corrected chi connectivity index (χ4v) is 2.79. The summed E-state index contributed by atoms with van der Waals surface area (Å²) in [5, 5.41) is 4.95. The van der Waals surface area contributed by atoms with Crippen molar-refractivity contribution < 1.29 is 4.79 Å². The average molecular weight is 298 g/mol. The Balaban J connectivity index is 2.05. The summed E-state index contributed by atoms with van der Waals surface area (Å²) in [5.74, 6) is 5.77. The van der Waals surface area contributed by atoms with Crippen LogP contribution in [0.3, 0.4) is 0 Å². The first kappa shape index (κ1) is 15.3. The number of hydrogen-bond acceptors (Lipinski definition) is 3. The lowest BCUT2D eigenvalue weighted by Crippen LogP contribution is -2.26. The lowest BCUT2D eigenvalue weighted by molar-refractivity contribution is 0.0943. The van der Waals surface area contributed by atoms with Gasteiger partial charge in [-0.25, -0.2) is 0 Å². The van der Waals surface area contributed by atoms with Crippen LogP contribution in [0.1, 0.15) is 39.3 Å². The number of benzene rings is 1.